The van der Waals surface area contributed by atoms with Crippen LogP contribution >= 0.6 is 0 Å². The zero-order valence-corrected chi connectivity index (χ0v) is 15.5. The first kappa shape index (κ1) is 19.0. The Morgan fingerprint density at radius 1 is 1.26 bits per heavy atom. The van der Waals surface area contributed by atoms with Crippen LogP contribution in [0.5, 0.6) is 17.2 Å². The third-order valence-corrected chi connectivity index (χ3v) is 4.48. The summed E-state index contributed by atoms with van der Waals surface area (Å²) in [6.45, 7) is 2.33. The second kappa shape index (κ2) is 8.75. The highest BCUT2D eigenvalue weighted by molar-refractivity contribution is 5.96. The number of ether oxygens (including phenoxy) is 3. The summed E-state index contributed by atoms with van der Waals surface area (Å²) in [6, 6.07) is 10.4. The first-order valence-electron chi connectivity index (χ1n) is 8.76. The predicted molar refractivity (Wildman–Crippen MR) is 100 cm³/mol. The van der Waals surface area contributed by atoms with Gasteiger partial charge in [0.05, 0.1) is 26.9 Å². The van der Waals surface area contributed by atoms with Crippen molar-refractivity contribution in [2.75, 3.05) is 33.9 Å². The number of phenolic OH excluding ortho intramolecular Hbond substituents is 1. The Morgan fingerprint density at radius 2 is 2.11 bits per heavy atom. The molecule has 7 nitrogen and oxygen atoms in total. The summed E-state index contributed by atoms with van der Waals surface area (Å²) in [7, 11) is 3.05. The molecule has 2 aromatic rings. The molecule has 3 rings (SSSR count). The molecular weight excluding hydrogens is 348 g/mol. The number of amides is 1. The van der Waals surface area contributed by atoms with Crippen LogP contribution in [0.4, 0.5) is 0 Å². The molecule has 0 radical (unpaired) electrons. The van der Waals surface area contributed by atoms with Crippen LogP contribution in [0, 0.1) is 0 Å². The minimum absolute atomic E-state index is 0.0352. The molecule has 3 N–H and O–H groups in total. The maximum Gasteiger partial charge on any atom is 0.252 e. The second-order valence-corrected chi connectivity index (χ2v) is 6.21. The van der Waals surface area contributed by atoms with Gasteiger partial charge in [-0.2, -0.15) is 0 Å². The largest absolute Gasteiger partial charge is 0.504 e. The van der Waals surface area contributed by atoms with Crippen LogP contribution in [0.15, 0.2) is 36.4 Å². The van der Waals surface area contributed by atoms with Crippen LogP contribution in [0.1, 0.15) is 27.6 Å². The van der Waals surface area contributed by atoms with Crippen molar-refractivity contribution in [3.8, 4) is 17.2 Å². The molecule has 27 heavy (non-hydrogen) atoms. The average molecular weight is 372 g/mol. The van der Waals surface area contributed by atoms with Gasteiger partial charge in [-0.1, -0.05) is 12.1 Å². The highest BCUT2D eigenvalue weighted by Gasteiger charge is 2.22. The molecule has 0 spiro atoms. The van der Waals surface area contributed by atoms with Crippen LogP contribution in [0.2, 0.25) is 0 Å². The molecule has 1 saturated heterocycles. The molecule has 1 fully saturated rings. The number of phenols is 1. The highest BCUT2D eigenvalue weighted by atomic mass is 16.5. The SMILES string of the molecule is COc1ccc(C2CNCCO2)c(C(=O)NCc2ccc(OC)c(O)c2)c1. The van der Waals surface area contributed by atoms with Crippen molar-refractivity contribution in [1.82, 2.24) is 10.6 Å². The molecule has 0 saturated carbocycles. The fourth-order valence-electron chi connectivity index (χ4n) is 3.03. The lowest BCUT2D eigenvalue weighted by molar-refractivity contribution is 0.0270. The van der Waals surface area contributed by atoms with E-state index in [0.717, 1.165) is 17.7 Å². The Balaban J connectivity index is 1.77. The summed E-state index contributed by atoms with van der Waals surface area (Å²) in [6.07, 6.45) is -0.185. The summed E-state index contributed by atoms with van der Waals surface area (Å²) >= 11 is 0. The summed E-state index contributed by atoms with van der Waals surface area (Å²) < 4.78 is 16.1. The zero-order chi connectivity index (χ0) is 19.2. The Morgan fingerprint density at radius 3 is 2.78 bits per heavy atom. The van der Waals surface area contributed by atoms with Gasteiger partial charge in [-0.25, -0.2) is 0 Å². The van der Waals surface area contributed by atoms with Gasteiger partial charge in [0.15, 0.2) is 11.5 Å². The van der Waals surface area contributed by atoms with Crippen molar-refractivity contribution in [2.24, 2.45) is 0 Å². The normalized spacial score (nSPS) is 16.6. The van der Waals surface area contributed by atoms with E-state index in [2.05, 4.69) is 10.6 Å². The average Bonchev–Trinajstić information content (AvgIpc) is 2.72. The molecule has 0 aromatic heterocycles. The minimum atomic E-state index is -0.228. The second-order valence-electron chi connectivity index (χ2n) is 6.21. The molecular formula is C20H24N2O5. The summed E-state index contributed by atoms with van der Waals surface area (Å²) in [5.74, 6) is 0.804. The molecule has 2 aromatic carbocycles. The van der Waals surface area contributed by atoms with Gasteiger partial charge >= 0.3 is 0 Å². The third-order valence-electron chi connectivity index (χ3n) is 4.48. The van der Waals surface area contributed by atoms with Gasteiger partial charge < -0.3 is 30.0 Å². The molecule has 1 aliphatic heterocycles. The Kier molecular flexibility index (Phi) is 6.16. The minimum Gasteiger partial charge on any atom is -0.504 e. The quantitative estimate of drug-likeness (QED) is 0.719. The van der Waals surface area contributed by atoms with E-state index in [1.165, 1.54) is 7.11 Å². The van der Waals surface area contributed by atoms with E-state index in [1.807, 2.05) is 12.1 Å². The van der Waals surface area contributed by atoms with Crippen molar-refractivity contribution in [3.05, 3.63) is 53.1 Å². The molecule has 144 valence electrons. The van der Waals surface area contributed by atoms with Crippen LogP contribution < -0.4 is 20.1 Å². The molecule has 1 atom stereocenters. The van der Waals surface area contributed by atoms with Gasteiger partial charge in [-0.3, -0.25) is 4.79 Å². The summed E-state index contributed by atoms with van der Waals surface area (Å²) in [4.78, 5) is 12.8. The van der Waals surface area contributed by atoms with Gasteiger partial charge in [0.2, 0.25) is 0 Å². The molecule has 1 amide bonds. The molecule has 1 heterocycles. The number of nitrogens with one attached hydrogen (secondary N) is 2. The monoisotopic (exact) mass is 372 g/mol. The van der Waals surface area contributed by atoms with E-state index >= 15 is 0 Å². The lowest BCUT2D eigenvalue weighted by Crippen LogP contribution is -2.35. The number of carbonyl (C=O) groups excluding carboxylic acids is 1. The number of benzene rings is 2. The first-order valence-corrected chi connectivity index (χ1v) is 8.76. The van der Waals surface area contributed by atoms with Crippen molar-refractivity contribution in [1.29, 1.82) is 0 Å². The number of hydrogen-bond acceptors (Lipinski definition) is 6. The maximum absolute atomic E-state index is 12.8. The fraction of sp³-hybridized carbons (Fsp3) is 0.350. The number of aromatic hydroxyl groups is 1. The highest BCUT2D eigenvalue weighted by Crippen LogP contribution is 2.28. The topological polar surface area (TPSA) is 89.1 Å². The fourth-order valence-corrected chi connectivity index (χ4v) is 3.03. The van der Waals surface area contributed by atoms with E-state index in [4.69, 9.17) is 14.2 Å². The Hall–Kier alpha value is -2.77. The van der Waals surface area contributed by atoms with Crippen molar-refractivity contribution < 1.29 is 24.1 Å². The maximum atomic E-state index is 12.8. The molecule has 1 unspecified atom stereocenters. The van der Waals surface area contributed by atoms with Crippen molar-refractivity contribution in [2.45, 2.75) is 12.6 Å². The van der Waals surface area contributed by atoms with Gasteiger partial charge in [0.25, 0.3) is 5.91 Å². The smallest absolute Gasteiger partial charge is 0.252 e. The predicted octanol–water partition coefficient (Wildman–Crippen LogP) is 2.00. The number of morpholine rings is 1. The zero-order valence-electron chi connectivity index (χ0n) is 15.5. The number of rotatable bonds is 6. The van der Waals surface area contributed by atoms with Gasteiger partial charge in [-0.15, -0.1) is 0 Å². The van der Waals surface area contributed by atoms with E-state index in [9.17, 15) is 9.90 Å². The van der Waals surface area contributed by atoms with Crippen LogP contribution in [-0.2, 0) is 11.3 Å². The molecule has 7 heteroatoms. The van der Waals surface area contributed by atoms with Crippen LogP contribution in [0.3, 0.4) is 0 Å². The number of carbonyl (C=O) groups is 1. The molecule has 1 aliphatic rings. The lowest BCUT2D eigenvalue weighted by atomic mass is 10.00. The summed E-state index contributed by atoms with van der Waals surface area (Å²) in [5, 5.41) is 16.0. The van der Waals surface area contributed by atoms with Gasteiger partial charge in [-0.05, 0) is 35.4 Å². The summed E-state index contributed by atoms with van der Waals surface area (Å²) in [5.41, 5.74) is 2.10. The van der Waals surface area contributed by atoms with Gasteiger partial charge in [0, 0.05) is 25.2 Å². The van der Waals surface area contributed by atoms with Crippen LogP contribution in [0.25, 0.3) is 0 Å². The van der Waals surface area contributed by atoms with Gasteiger partial charge in [0.1, 0.15) is 5.75 Å². The number of hydrogen-bond donors (Lipinski definition) is 3. The van der Waals surface area contributed by atoms with Crippen molar-refractivity contribution in [3.63, 3.8) is 0 Å². The van der Waals surface area contributed by atoms with E-state index in [1.54, 1.807) is 31.4 Å². The molecule has 0 bridgehead atoms. The molecule has 0 aliphatic carbocycles. The first-order chi connectivity index (χ1) is 13.1. The third kappa shape index (κ3) is 4.50. The van der Waals surface area contributed by atoms with E-state index in [0.29, 0.717) is 30.2 Å². The van der Waals surface area contributed by atoms with Crippen molar-refractivity contribution >= 4 is 5.91 Å². The Labute approximate surface area is 158 Å². The van der Waals surface area contributed by atoms with E-state index in [-0.39, 0.29) is 24.3 Å². The standard InChI is InChI=1S/C20H24N2O5/c1-25-14-4-5-15(19-12-21-7-8-27-19)16(10-14)20(24)22-11-13-3-6-18(26-2)17(23)9-13/h3-6,9-10,19,21,23H,7-8,11-12H2,1-2H3,(H,22,24). The van der Waals surface area contributed by atoms with Crippen LogP contribution in [-0.4, -0.2) is 44.9 Å². The Bertz CT molecular complexity index is 803. The lowest BCUT2D eigenvalue weighted by Gasteiger charge is -2.26. The van der Waals surface area contributed by atoms with E-state index < -0.39 is 0 Å². The number of methoxy groups -OCH3 is 2.